The zero-order valence-corrected chi connectivity index (χ0v) is 14.9. The highest BCUT2D eigenvalue weighted by Gasteiger charge is 2.14. The van der Waals surface area contributed by atoms with Crippen molar-refractivity contribution in [1.29, 1.82) is 0 Å². The standard InChI is InChI=1S/C18H16ClN3O2S/c19-14-2-1-3-15-16(14)20-18(25-15)21-17(23)12-4-6-13(7-5-12)22-8-10-24-11-9-22/h1-7H,8-11H2,(H,20,21,23). The maximum atomic E-state index is 12.5. The number of morpholine rings is 1. The van der Waals surface area contributed by atoms with E-state index in [9.17, 15) is 4.79 Å². The summed E-state index contributed by atoms with van der Waals surface area (Å²) in [7, 11) is 0. The van der Waals surface area contributed by atoms with Crippen LogP contribution in [-0.2, 0) is 4.74 Å². The lowest BCUT2D eigenvalue weighted by molar-refractivity contribution is 0.102. The number of aromatic nitrogens is 1. The van der Waals surface area contributed by atoms with Gasteiger partial charge < -0.3 is 9.64 Å². The molecule has 128 valence electrons. The van der Waals surface area contributed by atoms with Crippen molar-refractivity contribution in [3.05, 3.63) is 53.1 Å². The minimum absolute atomic E-state index is 0.177. The van der Waals surface area contributed by atoms with E-state index in [1.807, 2.05) is 36.4 Å². The Morgan fingerprint density at radius 1 is 1.16 bits per heavy atom. The smallest absolute Gasteiger partial charge is 0.257 e. The van der Waals surface area contributed by atoms with Gasteiger partial charge in [0.1, 0.15) is 5.52 Å². The summed E-state index contributed by atoms with van der Waals surface area (Å²) in [6, 6.07) is 13.2. The average Bonchev–Trinajstić information content (AvgIpc) is 3.06. The van der Waals surface area contributed by atoms with Gasteiger partial charge in [-0.3, -0.25) is 10.1 Å². The topological polar surface area (TPSA) is 54.5 Å². The number of hydrogen-bond acceptors (Lipinski definition) is 5. The lowest BCUT2D eigenvalue weighted by atomic mass is 10.2. The molecule has 4 rings (SSSR count). The van der Waals surface area contributed by atoms with Crippen LogP contribution in [0.1, 0.15) is 10.4 Å². The Labute approximate surface area is 154 Å². The van der Waals surface area contributed by atoms with Gasteiger partial charge in [-0.2, -0.15) is 0 Å². The number of rotatable bonds is 3. The fourth-order valence-electron chi connectivity index (χ4n) is 2.78. The Morgan fingerprint density at radius 3 is 2.64 bits per heavy atom. The van der Waals surface area contributed by atoms with Crippen LogP contribution in [-0.4, -0.2) is 37.2 Å². The van der Waals surface area contributed by atoms with Crippen molar-refractivity contribution in [2.75, 3.05) is 36.5 Å². The number of hydrogen-bond donors (Lipinski definition) is 1. The number of carbonyl (C=O) groups excluding carboxylic acids is 1. The van der Waals surface area contributed by atoms with Crippen LogP contribution in [0.4, 0.5) is 10.8 Å². The van der Waals surface area contributed by atoms with Gasteiger partial charge in [-0.05, 0) is 36.4 Å². The number of ether oxygens (including phenoxy) is 1. The number of nitrogens with zero attached hydrogens (tertiary/aromatic N) is 2. The molecule has 1 aromatic heterocycles. The Hall–Kier alpha value is -2.15. The molecule has 0 radical (unpaired) electrons. The third-order valence-corrected chi connectivity index (χ3v) is 5.34. The lowest BCUT2D eigenvalue weighted by Crippen LogP contribution is -2.36. The quantitative estimate of drug-likeness (QED) is 0.752. The molecule has 1 amide bonds. The van der Waals surface area contributed by atoms with Gasteiger partial charge in [0.25, 0.3) is 5.91 Å². The van der Waals surface area contributed by atoms with E-state index in [0.29, 0.717) is 21.2 Å². The molecule has 25 heavy (non-hydrogen) atoms. The molecule has 1 aliphatic heterocycles. The summed E-state index contributed by atoms with van der Waals surface area (Å²) in [6.07, 6.45) is 0. The molecular formula is C18H16ClN3O2S. The SMILES string of the molecule is O=C(Nc1nc2c(Cl)cccc2s1)c1ccc(N2CCOCC2)cc1. The van der Waals surface area contributed by atoms with Crippen LogP contribution in [0, 0.1) is 0 Å². The molecule has 1 saturated heterocycles. The number of halogens is 1. The second-order valence-electron chi connectivity index (χ2n) is 5.71. The van der Waals surface area contributed by atoms with E-state index >= 15 is 0 Å². The number of anilines is 2. The Morgan fingerprint density at radius 2 is 1.92 bits per heavy atom. The largest absolute Gasteiger partial charge is 0.378 e. The Balaban J connectivity index is 1.49. The van der Waals surface area contributed by atoms with Gasteiger partial charge in [0.05, 0.1) is 22.9 Å². The maximum Gasteiger partial charge on any atom is 0.257 e. The molecule has 0 atom stereocenters. The predicted octanol–water partition coefficient (Wildman–Crippen LogP) is 4.04. The molecule has 7 heteroatoms. The van der Waals surface area contributed by atoms with Gasteiger partial charge in [-0.15, -0.1) is 0 Å². The summed E-state index contributed by atoms with van der Waals surface area (Å²) in [4.78, 5) is 19.1. The maximum absolute atomic E-state index is 12.5. The van der Waals surface area contributed by atoms with Crippen LogP contribution >= 0.6 is 22.9 Å². The van der Waals surface area contributed by atoms with Crippen LogP contribution in [0.25, 0.3) is 10.2 Å². The zero-order chi connectivity index (χ0) is 17.2. The third kappa shape index (κ3) is 3.46. The number of nitrogens with one attached hydrogen (secondary N) is 1. The molecule has 0 unspecified atom stereocenters. The van der Waals surface area contributed by atoms with E-state index in [1.165, 1.54) is 11.3 Å². The van der Waals surface area contributed by atoms with Gasteiger partial charge in [-0.25, -0.2) is 4.98 Å². The van der Waals surface area contributed by atoms with E-state index in [2.05, 4.69) is 15.2 Å². The number of thiazole rings is 1. The Kier molecular flexibility index (Phi) is 4.57. The van der Waals surface area contributed by atoms with Crippen molar-refractivity contribution in [1.82, 2.24) is 4.98 Å². The van der Waals surface area contributed by atoms with E-state index in [0.717, 1.165) is 36.7 Å². The molecule has 1 N–H and O–H groups in total. The van der Waals surface area contributed by atoms with Gasteiger partial charge in [0, 0.05) is 24.3 Å². The summed E-state index contributed by atoms with van der Waals surface area (Å²) in [5, 5.41) is 3.98. The molecule has 3 aromatic rings. The zero-order valence-electron chi connectivity index (χ0n) is 13.4. The van der Waals surface area contributed by atoms with Crippen LogP contribution in [0.5, 0.6) is 0 Å². The van der Waals surface area contributed by atoms with Crippen molar-refractivity contribution < 1.29 is 9.53 Å². The van der Waals surface area contributed by atoms with Crippen molar-refractivity contribution in [2.24, 2.45) is 0 Å². The van der Waals surface area contributed by atoms with Crippen LogP contribution in [0.3, 0.4) is 0 Å². The van der Waals surface area contributed by atoms with Crippen molar-refractivity contribution in [3.8, 4) is 0 Å². The number of para-hydroxylation sites is 1. The van der Waals surface area contributed by atoms with E-state index < -0.39 is 0 Å². The van der Waals surface area contributed by atoms with Gasteiger partial charge in [-0.1, -0.05) is 29.0 Å². The third-order valence-electron chi connectivity index (χ3n) is 4.10. The number of amides is 1. The van der Waals surface area contributed by atoms with Crippen LogP contribution in [0.2, 0.25) is 5.02 Å². The number of benzene rings is 2. The summed E-state index contributed by atoms with van der Waals surface area (Å²) >= 11 is 7.54. The van der Waals surface area contributed by atoms with Crippen molar-refractivity contribution in [2.45, 2.75) is 0 Å². The number of carbonyl (C=O) groups is 1. The Bertz CT molecular complexity index is 904. The second kappa shape index (κ2) is 7.00. The fourth-order valence-corrected chi connectivity index (χ4v) is 3.94. The van der Waals surface area contributed by atoms with Crippen molar-refractivity contribution in [3.63, 3.8) is 0 Å². The van der Waals surface area contributed by atoms with Crippen LogP contribution in [0.15, 0.2) is 42.5 Å². The summed E-state index contributed by atoms with van der Waals surface area (Å²) < 4.78 is 6.31. The highest BCUT2D eigenvalue weighted by molar-refractivity contribution is 7.22. The highest BCUT2D eigenvalue weighted by atomic mass is 35.5. The summed E-state index contributed by atoms with van der Waals surface area (Å²) in [5.41, 5.74) is 2.42. The molecule has 0 spiro atoms. The first-order valence-corrected chi connectivity index (χ1v) is 9.19. The molecule has 0 saturated carbocycles. The van der Waals surface area contributed by atoms with Gasteiger partial charge >= 0.3 is 0 Å². The molecular weight excluding hydrogens is 358 g/mol. The molecule has 0 bridgehead atoms. The summed E-state index contributed by atoms with van der Waals surface area (Å²) in [6.45, 7) is 3.22. The molecule has 2 aromatic carbocycles. The normalized spacial score (nSPS) is 14.7. The molecule has 1 aliphatic rings. The van der Waals surface area contributed by atoms with Gasteiger partial charge in [0.15, 0.2) is 5.13 Å². The molecule has 5 nitrogen and oxygen atoms in total. The van der Waals surface area contributed by atoms with E-state index in [-0.39, 0.29) is 5.91 Å². The first kappa shape index (κ1) is 16.3. The molecule has 1 fully saturated rings. The lowest BCUT2D eigenvalue weighted by Gasteiger charge is -2.28. The summed E-state index contributed by atoms with van der Waals surface area (Å²) in [5.74, 6) is -0.177. The van der Waals surface area contributed by atoms with Crippen LogP contribution < -0.4 is 10.2 Å². The minimum atomic E-state index is -0.177. The highest BCUT2D eigenvalue weighted by Crippen LogP contribution is 2.30. The van der Waals surface area contributed by atoms with E-state index in [4.69, 9.17) is 16.3 Å². The predicted molar refractivity (Wildman–Crippen MR) is 102 cm³/mol. The minimum Gasteiger partial charge on any atom is -0.378 e. The van der Waals surface area contributed by atoms with Crippen molar-refractivity contribution >= 4 is 49.9 Å². The first-order chi connectivity index (χ1) is 12.2. The monoisotopic (exact) mass is 373 g/mol. The first-order valence-electron chi connectivity index (χ1n) is 8.00. The fraction of sp³-hybridized carbons (Fsp3) is 0.222. The molecule has 0 aliphatic carbocycles. The molecule has 2 heterocycles. The number of fused-ring (bicyclic) bond motifs is 1. The average molecular weight is 374 g/mol. The second-order valence-corrected chi connectivity index (χ2v) is 7.14. The van der Waals surface area contributed by atoms with Gasteiger partial charge in [0.2, 0.25) is 0 Å². The van der Waals surface area contributed by atoms with E-state index in [1.54, 1.807) is 6.07 Å².